The third kappa shape index (κ3) is 2.51. The highest BCUT2D eigenvalue weighted by molar-refractivity contribution is 9.09. The summed E-state index contributed by atoms with van der Waals surface area (Å²) in [5.41, 5.74) is 0.390. The quantitative estimate of drug-likeness (QED) is 0.761. The lowest BCUT2D eigenvalue weighted by molar-refractivity contribution is 0.0169. The third-order valence-electron chi connectivity index (χ3n) is 3.01. The van der Waals surface area contributed by atoms with Crippen molar-refractivity contribution in [3.05, 3.63) is 42.0 Å². The van der Waals surface area contributed by atoms with Gasteiger partial charge in [0.2, 0.25) is 0 Å². The summed E-state index contributed by atoms with van der Waals surface area (Å²) in [6.07, 6.45) is -1.57. The van der Waals surface area contributed by atoms with E-state index in [0.717, 1.165) is 10.8 Å². The summed E-state index contributed by atoms with van der Waals surface area (Å²) in [7, 11) is 0. The van der Waals surface area contributed by atoms with Crippen LogP contribution in [0.3, 0.4) is 0 Å². The molecule has 0 spiro atoms. The average molecular weight is 311 g/mol. The number of hydrogen-bond donors (Lipinski definition) is 3. The van der Waals surface area contributed by atoms with Gasteiger partial charge in [0.05, 0.1) is 6.10 Å². The minimum absolute atomic E-state index is 0.00909. The normalized spacial score (nSPS) is 14.6. The smallest absolute Gasteiger partial charge is 0.122 e. The van der Waals surface area contributed by atoms with Crippen LogP contribution in [0.1, 0.15) is 18.1 Å². The molecule has 0 aromatic heterocycles. The Labute approximate surface area is 114 Å². The molecule has 2 aromatic rings. The fraction of sp³-hybridized carbons (Fsp3) is 0.286. The maximum Gasteiger partial charge on any atom is 0.122 e. The molecule has 2 aromatic carbocycles. The van der Waals surface area contributed by atoms with E-state index in [1.807, 2.05) is 24.3 Å². The molecule has 0 saturated heterocycles. The van der Waals surface area contributed by atoms with Gasteiger partial charge in [0.1, 0.15) is 11.9 Å². The highest BCUT2D eigenvalue weighted by Crippen LogP contribution is 2.34. The van der Waals surface area contributed by atoms with Crippen LogP contribution in [0.5, 0.6) is 5.75 Å². The first-order valence-corrected chi connectivity index (χ1v) is 6.90. The lowest BCUT2D eigenvalue weighted by Crippen LogP contribution is -2.19. The van der Waals surface area contributed by atoms with Gasteiger partial charge >= 0.3 is 0 Å². The number of alkyl halides is 1. The molecule has 3 nitrogen and oxygen atoms in total. The lowest BCUT2D eigenvalue weighted by Gasteiger charge is -2.20. The van der Waals surface area contributed by atoms with Crippen LogP contribution >= 0.6 is 15.9 Å². The number of phenolic OH excluding ortho intramolecular Hbond substituents is 1. The number of aliphatic hydroxyl groups is 2. The van der Waals surface area contributed by atoms with E-state index in [9.17, 15) is 15.3 Å². The Balaban J connectivity index is 2.51. The van der Waals surface area contributed by atoms with Crippen LogP contribution in [0.4, 0.5) is 0 Å². The molecule has 96 valence electrons. The molecule has 0 radical (unpaired) electrons. The monoisotopic (exact) mass is 310 g/mol. The maximum atomic E-state index is 10.2. The van der Waals surface area contributed by atoms with E-state index < -0.39 is 12.2 Å². The van der Waals surface area contributed by atoms with Gasteiger partial charge in [-0.2, -0.15) is 0 Å². The summed E-state index contributed by atoms with van der Waals surface area (Å²) in [5.74, 6) is 0.00909. The molecule has 2 atom stereocenters. The van der Waals surface area contributed by atoms with Gasteiger partial charge < -0.3 is 15.3 Å². The zero-order chi connectivity index (χ0) is 13.1. The van der Waals surface area contributed by atoms with Crippen molar-refractivity contribution in [1.29, 1.82) is 0 Å². The number of phenols is 1. The van der Waals surface area contributed by atoms with Gasteiger partial charge in [-0.25, -0.2) is 0 Å². The zero-order valence-corrected chi connectivity index (χ0v) is 11.3. The predicted octanol–water partition coefficient (Wildman–Crippen LogP) is 2.72. The number of halogens is 1. The number of hydrogen-bond acceptors (Lipinski definition) is 3. The Bertz CT molecular complexity index is 542. The molecule has 0 aliphatic rings. The molecule has 2 unspecified atom stereocenters. The van der Waals surface area contributed by atoms with Crippen molar-refractivity contribution in [2.45, 2.75) is 18.6 Å². The Morgan fingerprint density at radius 3 is 2.50 bits per heavy atom. The van der Waals surface area contributed by atoms with E-state index >= 15 is 0 Å². The van der Waals surface area contributed by atoms with Gasteiger partial charge in [0.15, 0.2) is 0 Å². The summed E-state index contributed by atoms with van der Waals surface area (Å²) in [5, 5.41) is 32.2. The van der Waals surface area contributed by atoms with Crippen molar-refractivity contribution in [3.8, 4) is 5.75 Å². The van der Waals surface area contributed by atoms with Gasteiger partial charge in [-0.3, -0.25) is 0 Å². The minimum atomic E-state index is -1.09. The molecule has 3 N–H and O–H groups in total. The van der Waals surface area contributed by atoms with Gasteiger partial charge in [-0.05, 0) is 23.3 Å². The van der Waals surface area contributed by atoms with E-state index in [2.05, 4.69) is 15.9 Å². The topological polar surface area (TPSA) is 60.7 Å². The van der Waals surface area contributed by atoms with Gasteiger partial charge in [0.25, 0.3) is 0 Å². The summed E-state index contributed by atoms with van der Waals surface area (Å²) < 4.78 is 0. The van der Waals surface area contributed by atoms with Crippen molar-refractivity contribution >= 4 is 26.7 Å². The Hall–Kier alpha value is -1.10. The van der Waals surface area contributed by atoms with Crippen LogP contribution < -0.4 is 0 Å². The number of aliphatic hydroxyl groups excluding tert-OH is 2. The number of benzene rings is 2. The molecule has 18 heavy (non-hydrogen) atoms. The van der Waals surface area contributed by atoms with Crippen LogP contribution in [0.2, 0.25) is 0 Å². The van der Waals surface area contributed by atoms with Crippen molar-refractivity contribution < 1.29 is 15.3 Å². The Kier molecular flexibility index (Phi) is 4.22. The van der Waals surface area contributed by atoms with Crippen LogP contribution in [0.15, 0.2) is 36.4 Å². The largest absolute Gasteiger partial charge is 0.508 e. The van der Waals surface area contributed by atoms with Gasteiger partial charge in [0, 0.05) is 10.9 Å². The van der Waals surface area contributed by atoms with Crippen molar-refractivity contribution in [3.63, 3.8) is 0 Å². The van der Waals surface area contributed by atoms with E-state index in [4.69, 9.17) is 0 Å². The maximum absolute atomic E-state index is 10.2. The second-order valence-electron chi connectivity index (χ2n) is 4.21. The fourth-order valence-electron chi connectivity index (χ4n) is 2.06. The average Bonchev–Trinajstić information content (AvgIpc) is 2.38. The van der Waals surface area contributed by atoms with Crippen LogP contribution in [0, 0.1) is 0 Å². The second kappa shape index (κ2) is 5.69. The van der Waals surface area contributed by atoms with Crippen LogP contribution in [0.25, 0.3) is 10.8 Å². The van der Waals surface area contributed by atoms with E-state index in [0.29, 0.717) is 17.3 Å². The molecular formula is C14H15BrO3. The summed E-state index contributed by atoms with van der Waals surface area (Å²) in [6, 6.07) is 10.8. The molecular weight excluding hydrogens is 296 g/mol. The van der Waals surface area contributed by atoms with E-state index in [1.165, 1.54) is 0 Å². The van der Waals surface area contributed by atoms with Gasteiger partial charge in [-0.15, -0.1) is 0 Å². The minimum Gasteiger partial charge on any atom is -0.508 e. The van der Waals surface area contributed by atoms with Crippen LogP contribution in [-0.2, 0) is 0 Å². The molecule has 0 fully saturated rings. The zero-order valence-electron chi connectivity index (χ0n) is 9.75. The van der Waals surface area contributed by atoms with E-state index in [1.54, 1.807) is 12.1 Å². The Morgan fingerprint density at radius 2 is 1.78 bits per heavy atom. The fourth-order valence-corrected chi connectivity index (χ4v) is 2.53. The highest BCUT2D eigenvalue weighted by Gasteiger charge is 2.22. The number of aromatic hydroxyl groups is 1. The first-order valence-electron chi connectivity index (χ1n) is 5.78. The predicted molar refractivity (Wildman–Crippen MR) is 75.0 cm³/mol. The molecule has 0 aliphatic heterocycles. The molecule has 0 saturated carbocycles. The standard InChI is InChI=1S/C14H15BrO3/c15-8-7-12(17)14(18)13-10-4-2-1-3-9(10)5-6-11(13)16/h1-6,12,14,16-18H,7-8H2. The van der Waals surface area contributed by atoms with Crippen molar-refractivity contribution in [2.75, 3.05) is 5.33 Å². The van der Waals surface area contributed by atoms with Crippen LogP contribution in [-0.4, -0.2) is 26.8 Å². The Morgan fingerprint density at radius 1 is 1.06 bits per heavy atom. The first-order chi connectivity index (χ1) is 8.65. The molecule has 0 bridgehead atoms. The lowest BCUT2D eigenvalue weighted by atomic mass is 9.95. The summed E-state index contributed by atoms with van der Waals surface area (Å²) >= 11 is 3.23. The van der Waals surface area contributed by atoms with Crippen molar-refractivity contribution in [1.82, 2.24) is 0 Å². The number of fused-ring (bicyclic) bond motifs is 1. The third-order valence-corrected chi connectivity index (χ3v) is 3.47. The summed E-state index contributed by atoms with van der Waals surface area (Å²) in [6.45, 7) is 0. The highest BCUT2D eigenvalue weighted by atomic mass is 79.9. The van der Waals surface area contributed by atoms with Gasteiger partial charge in [-0.1, -0.05) is 46.3 Å². The molecule has 0 heterocycles. The summed E-state index contributed by atoms with van der Waals surface area (Å²) in [4.78, 5) is 0. The molecule has 0 aliphatic carbocycles. The molecule has 4 heteroatoms. The molecule has 2 rings (SSSR count). The second-order valence-corrected chi connectivity index (χ2v) is 5.00. The van der Waals surface area contributed by atoms with Crippen molar-refractivity contribution in [2.24, 2.45) is 0 Å². The SMILES string of the molecule is Oc1ccc2ccccc2c1C(O)C(O)CCBr. The first kappa shape index (κ1) is 13.3. The molecule has 0 amide bonds. The number of rotatable bonds is 4. The van der Waals surface area contributed by atoms with E-state index in [-0.39, 0.29) is 5.75 Å².